The van der Waals surface area contributed by atoms with Crippen molar-refractivity contribution in [2.45, 2.75) is 82.9 Å². The first-order valence-corrected chi connectivity index (χ1v) is 10.2. The van der Waals surface area contributed by atoms with Crippen LogP contribution in [-0.2, 0) is 33.3 Å². The summed E-state index contributed by atoms with van der Waals surface area (Å²) in [5, 5.41) is 15.1. The molecule has 0 unspecified atom stereocenters. The molecule has 10 nitrogen and oxygen atoms in total. The van der Waals surface area contributed by atoms with E-state index in [9.17, 15) is 14.7 Å². The van der Waals surface area contributed by atoms with Crippen LogP contribution in [0.15, 0.2) is 24.3 Å². The van der Waals surface area contributed by atoms with E-state index in [-0.39, 0.29) is 11.4 Å². The van der Waals surface area contributed by atoms with Gasteiger partial charge in [0.15, 0.2) is 24.0 Å². The maximum Gasteiger partial charge on any atom is 0.252 e. The molecule has 0 bridgehead atoms. The van der Waals surface area contributed by atoms with Gasteiger partial charge in [-0.2, -0.15) is 0 Å². The number of hydrogen-bond donors (Lipinski definition) is 3. The molecule has 1 aromatic rings. The van der Waals surface area contributed by atoms with Crippen molar-refractivity contribution in [2.24, 2.45) is 0 Å². The lowest BCUT2D eigenvalue weighted by atomic mass is 9.98. The Morgan fingerprint density at radius 2 is 1.58 bits per heavy atom. The van der Waals surface area contributed by atoms with Crippen LogP contribution in [0.4, 0.5) is 5.69 Å². The molecule has 0 saturated carbocycles. The van der Waals surface area contributed by atoms with Crippen LogP contribution in [0.1, 0.15) is 34.6 Å². The summed E-state index contributed by atoms with van der Waals surface area (Å²) in [5.41, 5.74) is 0.249. The summed E-state index contributed by atoms with van der Waals surface area (Å²) < 4.78 is 29.5. The number of ether oxygens (including phenoxy) is 5. The van der Waals surface area contributed by atoms with E-state index in [0.29, 0.717) is 0 Å². The molecule has 0 spiro atoms. The van der Waals surface area contributed by atoms with Crippen LogP contribution in [0, 0.1) is 0 Å². The highest BCUT2D eigenvalue weighted by molar-refractivity contribution is 5.98. The molecule has 2 amide bonds. The fraction of sp³-hybridized carbons (Fsp3) is 0.619. The number of fused-ring (bicyclic) bond motifs is 3. The Morgan fingerprint density at radius 1 is 0.968 bits per heavy atom. The van der Waals surface area contributed by atoms with Crippen LogP contribution in [0.2, 0.25) is 0 Å². The maximum atomic E-state index is 13.0. The quantitative estimate of drug-likeness (QED) is 0.602. The van der Waals surface area contributed by atoms with Crippen molar-refractivity contribution in [1.29, 1.82) is 0 Å². The van der Waals surface area contributed by atoms with Crippen molar-refractivity contribution >= 4 is 17.5 Å². The fourth-order valence-corrected chi connectivity index (χ4v) is 4.00. The van der Waals surface area contributed by atoms with Gasteiger partial charge in [-0.3, -0.25) is 9.59 Å². The minimum Gasteiger partial charge on any atom is -0.506 e. The molecule has 3 heterocycles. The number of phenolic OH excluding ortho intramolecular Hbond substituents is 1. The second-order valence-electron chi connectivity index (χ2n) is 8.83. The van der Waals surface area contributed by atoms with Gasteiger partial charge in [-0.05, 0) is 46.8 Å². The van der Waals surface area contributed by atoms with E-state index >= 15 is 0 Å². The van der Waals surface area contributed by atoms with E-state index in [2.05, 4.69) is 10.6 Å². The maximum absolute atomic E-state index is 13.0. The molecule has 170 valence electrons. The lowest BCUT2D eigenvalue weighted by molar-refractivity contribution is -0.231. The standard InChI is InChI=1S/C21H28N2O8/c1-10(17(25)23-11-8-6-7-9-12(11)24)22-18(26)15-13-14(29-20(2,3)28-13)16-19(27-15)31-21(4,5)30-16/h6-10,13-16,19,24H,1-5H3,(H,22,26)(H,23,25)/t10-,13+,14+,15-,16+,19-/m1/s1. The minimum absolute atomic E-state index is 0.0707. The molecule has 4 rings (SSSR count). The number of hydrogen-bond acceptors (Lipinski definition) is 8. The van der Waals surface area contributed by atoms with E-state index in [1.165, 1.54) is 13.0 Å². The lowest BCUT2D eigenvalue weighted by Gasteiger charge is -2.36. The van der Waals surface area contributed by atoms with Gasteiger partial charge in [-0.1, -0.05) is 12.1 Å². The Balaban J connectivity index is 1.46. The molecule has 3 aliphatic rings. The normalized spacial score (nSPS) is 33.8. The van der Waals surface area contributed by atoms with Crippen LogP contribution in [0.3, 0.4) is 0 Å². The van der Waals surface area contributed by atoms with E-state index in [4.69, 9.17) is 23.7 Å². The SMILES string of the molecule is C[C@@H](NC(=O)[C@@H]1O[C@@H]2OC(C)(C)O[C@H]2[C@H]2OC(C)(C)O[C@@H]21)C(=O)Nc1ccccc1O. The number of nitrogens with one attached hydrogen (secondary N) is 2. The second kappa shape index (κ2) is 7.72. The number of carbonyl (C=O) groups is 2. The van der Waals surface area contributed by atoms with Gasteiger partial charge in [0, 0.05) is 0 Å². The largest absolute Gasteiger partial charge is 0.506 e. The first-order chi connectivity index (χ1) is 14.5. The smallest absolute Gasteiger partial charge is 0.252 e. The van der Waals surface area contributed by atoms with Crippen molar-refractivity contribution in [3.63, 3.8) is 0 Å². The molecule has 10 heteroatoms. The molecular formula is C21H28N2O8. The third-order valence-electron chi connectivity index (χ3n) is 5.33. The monoisotopic (exact) mass is 436 g/mol. The molecule has 3 saturated heterocycles. The van der Waals surface area contributed by atoms with Crippen molar-refractivity contribution < 1.29 is 38.4 Å². The average molecular weight is 436 g/mol. The van der Waals surface area contributed by atoms with Crippen LogP contribution in [0.5, 0.6) is 5.75 Å². The van der Waals surface area contributed by atoms with E-state index in [0.717, 1.165) is 0 Å². The molecule has 6 atom stereocenters. The summed E-state index contributed by atoms with van der Waals surface area (Å²) in [4.78, 5) is 25.5. The number of benzene rings is 1. The number of aromatic hydroxyl groups is 1. The Bertz CT molecular complexity index is 873. The first kappa shape index (κ1) is 22.0. The van der Waals surface area contributed by atoms with Gasteiger partial charge in [0.25, 0.3) is 5.91 Å². The Kier molecular flexibility index (Phi) is 5.47. The Morgan fingerprint density at radius 3 is 2.29 bits per heavy atom. The molecule has 3 fully saturated rings. The zero-order valence-corrected chi connectivity index (χ0v) is 18.1. The summed E-state index contributed by atoms with van der Waals surface area (Å²) in [7, 11) is 0. The highest BCUT2D eigenvalue weighted by Crippen LogP contribution is 2.44. The third-order valence-corrected chi connectivity index (χ3v) is 5.33. The van der Waals surface area contributed by atoms with Gasteiger partial charge in [0.05, 0.1) is 5.69 Å². The molecular weight excluding hydrogens is 408 g/mol. The van der Waals surface area contributed by atoms with Gasteiger partial charge in [-0.25, -0.2) is 0 Å². The van der Waals surface area contributed by atoms with Gasteiger partial charge in [0.1, 0.15) is 30.1 Å². The molecule has 0 aliphatic carbocycles. The number of carbonyl (C=O) groups excluding carboxylic acids is 2. The topological polar surface area (TPSA) is 125 Å². The number of amides is 2. The van der Waals surface area contributed by atoms with Crippen molar-refractivity contribution in [1.82, 2.24) is 5.32 Å². The average Bonchev–Trinajstić information content (AvgIpc) is 3.16. The zero-order chi connectivity index (χ0) is 22.6. The number of phenols is 1. The number of rotatable bonds is 4. The molecule has 0 radical (unpaired) electrons. The Hall–Kier alpha value is -2.24. The minimum atomic E-state index is -1.06. The van der Waals surface area contributed by atoms with Crippen molar-refractivity contribution in [3.8, 4) is 5.75 Å². The van der Waals surface area contributed by atoms with Crippen molar-refractivity contribution in [2.75, 3.05) is 5.32 Å². The van der Waals surface area contributed by atoms with Crippen LogP contribution < -0.4 is 10.6 Å². The summed E-state index contributed by atoms with van der Waals surface area (Å²) in [6.07, 6.45) is -3.73. The first-order valence-electron chi connectivity index (χ1n) is 10.2. The highest BCUT2D eigenvalue weighted by atomic mass is 16.9. The number of anilines is 1. The number of para-hydroxylation sites is 2. The lowest BCUT2D eigenvalue weighted by Crippen LogP contribution is -2.60. The molecule has 0 aromatic heterocycles. The summed E-state index contributed by atoms with van der Waals surface area (Å²) in [5.74, 6) is -2.94. The zero-order valence-electron chi connectivity index (χ0n) is 18.1. The molecule has 31 heavy (non-hydrogen) atoms. The fourth-order valence-electron chi connectivity index (χ4n) is 4.00. The third kappa shape index (κ3) is 4.39. The van der Waals surface area contributed by atoms with Gasteiger partial charge in [0.2, 0.25) is 5.91 Å². The van der Waals surface area contributed by atoms with E-state index < -0.39 is 60.1 Å². The van der Waals surface area contributed by atoms with Gasteiger partial charge < -0.3 is 39.4 Å². The predicted octanol–water partition coefficient (Wildman–Crippen LogP) is 1.23. The molecule has 3 aliphatic heterocycles. The van der Waals surface area contributed by atoms with Gasteiger partial charge >= 0.3 is 0 Å². The van der Waals surface area contributed by atoms with E-state index in [1.54, 1.807) is 45.9 Å². The molecule has 3 N–H and O–H groups in total. The Labute approximate surface area is 180 Å². The highest BCUT2D eigenvalue weighted by Gasteiger charge is 2.62. The predicted molar refractivity (Wildman–Crippen MR) is 107 cm³/mol. The van der Waals surface area contributed by atoms with Crippen LogP contribution in [-0.4, -0.2) is 65.2 Å². The van der Waals surface area contributed by atoms with Crippen LogP contribution in [0.25, 0.3) is 0 Å². The second-order valence-corrected chi connectivity index (χ2v) is 8.83. The molecule has 1 aromatic carbocycles. The van der Waals surface area contributed by atoms with Crippen molar-refractivity contribution in [3.05, 3.63) is 24.3 Å². The van der Waals surface area contributed by atoms with Crippen LogP contribution >= 0.6 is 0 Å². The summed E-state index contributed by atoms with van der Waals surface area (Å²) in [6, 6.07) is 5.42. The van der Waals surface area contributed by atoms with Gasteiger partial charge in [-0.15, -0.1) is 0 Å². The summed E-state index contributed by atoms with van der Waals surface area (Å²) in [6.45, 7) is 8.54. The van der Waals surface area contributed by atoms with E-state index in [1.807, 2.05) is 0 Å². The summed E-state index contributed by atoms with van der Waals surface area (Å²) >= 11 is 0.